The molecule has 0 aliphatic rings. The first kappa shape index (κ1) is 31.5. The van der Waals surface area contributed by atoms with Crippen LogP contribution in [0.5, 0.6) is 0 Å². The summed E-state index contributed by atoms with van der Waals surface area (Å²) >= 11 is 0. The zero-order valence-corrected chi connectivity index (χ0v) is 19.7. The summed E-state index contributed by atoms with van der Waals surface area (Å²) in [6.07, 6.45) is 1.11. The van der Waals surface area contributed by atoms with Gasteiger partial charge in [-0.15, -0.1) is 0 Å². The Morgan fingerprint density at radius 3 is 1.52 bits per heavy atom. The minimum absolute atomic E-state index is 0.169. The molecule has 0 fully saturated rings. The van der Waals surface area contributed by atoms with Crippen molar-refractivity contribution in [3.8, 4) is 0 Å². The largest absolute Gasteiger partial charge is 0.465 e. The van der Waals surface area contributed by atoms with Gasteiger partial charge in [0.2, 0.25) is 0 Å². The van der Waals surface area contributed by atoms with Crippen LogP contribution in [-0.2, 0) is 31.8 Å². The Bertz CT molecular complexity index is 525. The van der Waals surface area contributed by atoms with E-state index < -0.39 is 0 Å². The average molecular weight is 407 g/mol. The van der Waals surface area contributed by atoms with E-state index in [2.05, 4.69) is 9.47 Å². The monoisotopic (exact) mass is 406 g/mol. The highest BCUT2D eigenvalue weighted by Crippen LogP contribution is 2.03. The molecule has 0 spiro atoms. The van der Waals surface area contributed by atoms with Gasteiger partial charge in [-0.1, -0.05) is 88.4 Å². The number of esters is 1. The lowest BCUT2D eigenvalue weighted by Crippen LogP contribution is -2.10. The van der Waals surface area contributed by atoms with Gasteiger partial charge in [-0.3, -0.25) is 4.79 Å². The first-order valence-corrected chi connectivity index (χ1v) is 10.3. The molecule has 0 heterocycles. The summed E-state index contributed by atoms with van der Waals surface area (Å²) in [5.74, 6) is -0.169. The van der Waals surface area contributed by atoms with Gasteiger partial charge in [0.15, 0.2) is 0 Å². The van der Waals surface area contributed by atoms with Gasteiger partial charge in [0.1, 0.15) is 0 Å². The highest BCUT2D eigenvalue weighted by molar-refractivity contribution is 5.72. The SMILES string of the molecule is CC.CC.CCOC.COC.O=C(Cc1ccccc1)OCCc1ccccc1. The van der Waals surface area contributed by atoms with Crippen molar-refractivity contribution in [2.75, 3.05) is 34.5 Å². The lowest BCUT2D eigenvalue weighted by atomic mass is 10.1. The van der Waals surface area contributed by atoms with E-state index >= 15 is 0 Å². The van der Waals surface area contributed by atoms with E-state index in [-0.39, 0.29) is 5.97 Å². The van der Waals surface area contributed by atoms with Crippen LogP contribution in [0.15, 0.2) is 60.7 Å². The van der Waals surface area contributed by atoms with Gasteiger partial charge in [-0.05, 0) is 18.1 Å². The normalized spacial score (nSPS) is 8.28. The van der Waals surface area contributed by atoms with Gasteiger partial charge < -0.3 is 14.2 Å². The molecule has 29 heavy (non-hydrogen) atoms. The molecule has 2 aromatic carbocycles. The highest BCUT2D eigenvalue weighted by atomic mass is 16.5. The Hall–Kier alpha value is -2.17. The van der Waals surface area contributed by atoms with Crippen LogP contribution in [0, 0.1) is 0 Å². The van der Waals surface area contributed by atoms with Crippen molar-refractivity contribution in [3.05, 3.63) is 71.8 Å². The minimum Gasteiger partial charge on any atom is -0.465 e. The number of hydrogen-bond acceptors (Lipinski definition) is 4. The van der Waals surface area contributed by atoms with E-state index in [9.17, 15) is 4.79 Å². The van der Waals surface area contributed by atoms with E-state index in [1.807, 2.05) is 95.3 Å². The number of hydrogen-bond donors (Lipinski definition) is 0. The number of ether oxygens (including phenoxy) is 3. The molecular formula is C25H42O4. The molecule has 4 nitrogen and oxygen atoms in total. The number of benzene rings is 2. The third kappa shape index (κ3) is 23.8. The summed E-state index contributed by atoms with van der Waals surface area (Å²) in [6, 6.07) is 19.7. The lowest BCUT2D eigenvalue weighted by Gasteiger charge is -2.05. The van der Waals surface area contributed by atoms with Crippen LogP contribution in [0.25, 0.3) is 0 Å². The van der Waals surface area contributed by atoms with E-state index in [0.717, 1.165) is 18.6 Å². The van der Waals surface area contributed by atoms with E-state index in [1.165, 1.54) is 5.56 Å². The maximum Gasteiger partial charge on any atom is 0.310 e. The molecule has 0 N–H and O–H groups in total. The predicted octanol–water partition coefficient (Wildman–Crippen LogP) is 5.98. The van der Waals surface area contributed by atoms with Gasteiger partial charge in [0.05, 0.1) is 13.0 Å². The number of rotatable bonds is 6. The quantitative estimate of drug-likeness (QED) is 0.553. The Morgan fingerprint density at radius 2 is 1.14 bits per heavy atom. The molecule has 166 valence electrons. The van der Waals surface area contributed by atoms with Crippen LogP contribution >= 0.6 is 0 Å². The molecule has 2 rings (SSSR count). The van der Waals surface area contributed by atoms with Crippen molar-refractivity contribution in [2.24, 2.45) is 0 Å². The van der Waals surface area contributed by atoms with Gasteiger partial charge in [0.25, 0.3) is 0 Å². The molecule has 0 saturated heterocycles. The summed E-state index contributed by atoms with van der Waals surface area (Å²) < 4.78 is 14.0. The van der Waals surface area contributed by atoms with Crippen molar-refractivity contribution in [1.29, 1.82) is 0 Å². The molecule has 0 saturated carbocycles. The van der Waals surface area contributed by atoms with Crippen LogP contribution in [0.1, 0.15) is 45.7 Å². The molecule has 4 heteroatoms. The minimum atomic E-state index is -0.169. The van der Waals surface area contributed by atoms with Crippen molar-refractivity contribution >= 4 is 5.97 Å². The van der Waals surface area contributed by atoms with Crippen molar-refractivity contribution in [3.63, 3.8) is 0 Å². The first-order valence-electron chi connectivity index (χ1n) is 10.3. The molecule has 0 radical (unpaired) electrons. The molecule has 0 bridgehead atoms. The number of carbonyl (C=O) groups excluding carboxylic acids is 1. The third-order valence-electron chi connectivity index (χ3n) is 2.98. The number of carbonyl (C=O) groups is 1. The molecule has 0 aliphatic carbocycles. The molecule has 0 amide bonds. The third-order valence-corrected chi connectivity index (χ3v) is 2.98. The van der Waals surface area contributed by atoms with E-state index in [1.54, 1.807) is 21.3 Å². The summed E-state index contributed by atoms with van der Waals surface area (Å²) in [5.41, 5.74) is 2.17. The summed E-state index contributed by atoms with van der Waals surface area (Å²) in [5, 5.41) is 0. The average Bonchev–Trinajstić information content (AvgIpc) is 2.79. The summed E-state index contributed by atoms with van der Waals surface area (Å²) in [4.78, 5) is 11.6. The van der Waals surface area contributed by atoms with Gasteiger partial charge in [-0.2, -0.15) is 0 Å². The van der Waals surface area contributed by atoms with Gasteiger partial charge >= 0.3 is 5.97 Å². The molecule has 2 aromatic rings. The smallest absolute Gasteiger partial charge is 0.310 e. The maximum atomic E-state index is 11.6. The molecule has 0 aromatic heterocycles. The standard InChI is InChI=1S/C16H16O2.C3H8O.C2H6O.2C2H6/c17-16(13-15-9-5-2-6-10-15)18-12-11-14-7-3-1-4-8-14;1-3-4-2;1-3-2;2*1-2/h1-10H,11-13H2;3H2,1-2H3;1-2H3;2*1-2H3. The van der Waals surface area contributed by atoms with Crippen molar-refractivity contribution in [2.45, 2.75) is 47.5 Å². The maximum absolute atomic E-state index is 11.6. The Kier molecular flexibility index (Phi) is 30.5. The van der Waals surface area contributed by atoms with Gasteiger partial charge in [-0.25, -0.2) is 0 Å². The predicted molar refractivity (Wildman–Crippen MR) is 124 cm³/mol. The van der Waals surface area contributed by atoms with Gasteiger partial charge in [0, 0.05) is 34.4 Å². The van der Waals surface area contributed by atoms with E-state index in [0.29, 0.717) is 13.0 Å². The highest BCUT2D eigenvalue weighted by Gasteiger charge is 2.04. The van der Waals surface area contributed by atoms with Crippen molar-refractivity contribution < 1.29 is 19.0 Å². The number of methoxy groups -OCH3 is 2. The Labute approximate surface area is 179 Å². The van der Waals surface area contributed by atoms with E-state index in [4.69, 9.17) is 4.74 Å². The zero-order valence-electron chi connectivity index (χ0n) is 19.7. The summed E-state index contributed by atoms with van der Waals surface area (Å²) in [6.45, 7) is 11.2. The fraction of sp³-hybridized carbons (Fsp3) is 0.480. The second-order valence-corrected chi connectivity index (χ2v) is 5.10. The fourth-order valence-electron chi connectivity index (χ4n) is 1.74. The van der Waals surface area contributed by atoms with Crippen LogP contribution in [-0.4, -0.2) is 40.5 Å². The topological polar surface area (TPSA) is 44.8 Å². The lowest BCUT2D eigenvalue weighted by molar-refractivity contribution is -0.142. The fourth-order valence-corrected chi connectivity index (χ4v) is 1.74. The Morgan fingerprint density at radius 1 is 0.759 bits per heavy atom. The van der Waals surface area contributed by atoms with Crippen LogP contribution in [0.4, 0.5) is 0 Å². The second-order valence-electron chi connectivity index (χ2n) is 5.10. The Balaban J connectivity index is -0.000000520. The molecular weight excluding hydrogens is 364 g/mol. The summed E-state index contributed by atoms with van der Waals surface area (Å²) in [7, 11) is 4.93. The van der Waals surface area contributed by atoms with Crippen LogP contribution in [0.2, 0.25) is 0 Å². The molecule has 0 atom stereocenters. The first-order chi connectivity index (χ1) is 14.2. The zero-order chi connectivity index (χ0) is 22.8. The second kappa shape index (κ2) is 28.0. The van der Waals surface area contributed by atoms with Crippen LogP contribution in [0.3, 0.4) is 0 Å². The van der Waals surface area contributed by atoms with Crippen molar-refractivity contribution in [1.82, 2.24) is 0 Å². The molecule has 0 unspecified atom stereocenters. The van der Waals surface area contributed by atoms with Crippen LogP contribution < -0.4 is 0 Å². The molecule has 0 aliphatic heterocycles.